The van der Waals surface area contributed by atoms with Gasteiger partial charge in [-0.05, 0) is 38.9 Å². The topological polar surface area (TPSA) is 32.3 Å². The molecule has 2 fully saturated rings. The minimum absolute atomic E-state index is 0.151. The van der Waals surface area contributed by atoms with Crippen molar-refractivity contribution in [3.63, 3.8) is 0 Å². The zero-order valence-corrected chi connectivity index (χ0v) is 12.0. The molecule has 1 saturated carbocycles. The molecule has 1 aliphatic carbocycles. The second kappa shape index (κ2) is 5.19. The Morgan fingerprint density at radius 2 is 2.06 bits per heavy atom. The molecule has 2 aliphatic rings. The SMILES string of the molecule is CSC(C)(C)CN1C(=O)CNC1C1CCCC1. The van der Waals surface area contributed by atoms with Gasteiger partial charge in [0.2, 0.25) is 5.91 Å². The fourth-order valence-corrected chi connectivity index (χ4v) is 3.18. The molecule has 1 atom stereocenters. The molecule has 0 aromatic heterocycles. The Kier molecular flexibility index (Phi) is 4.03. The molecule has 1 N–H and O–H groups in total. The van der Waals surface area contributed by atoms with Crippen molar-refractivity contribution in [3.05, 3.63) is 0 Å². The summed E-state index contributed by atoms with van der Waals surface area (Å²) in [5, 5.41) is 3.41. The maximum atomic E-state index is 12.0. The summed E-state index contributed by atoms with van der Waals surface area (Å²) in [5.41, 5.74) is 0. The van der Waals surface area contributed by atoms with Crippen molar-refractivity contribution in [2.45, 2.75) is 50.4 Å². The molecule has 3 nitrogen and oxygen atoms in total. The van der Waals surface area contributed by atoms with Crippen LogP contribution in [0.25, 0.3) is 0 Å². The Balaban J connectivity index is 2.03. The first kappa shape index (κ1) is 13.2. The summed E-state index contributed by atoms with van der Waals surface area (Å²) in [4.78, 5) is 14.1. The van der Waals surface area contributed by atoms with Crippen molar-refractivity contribution in [2.24, 2.45) is 5.92 Å². The molecule has 0 spiro atoms. The van der Waals surface area contributed by atoms with Crippen LogP contribution in [0, 0.1) is 5.92 Å². The van der Waals surface area contributed by atoms with Crippen LogP contribution < -0.4 is 5.32 Å². The van der Waals surface area contributed by atoms with Gasteiger partial charge >= 0.3 is 0 Å². The summed E-state index contributed by atoms with van der Waals surface area (Å²) in [6.45, 7) is 5.83. The molecule has 1 unspecified atom stereocenters. The van der Waals surface area contributed by atoms with Crippen LogP contribution in [-0.4, -0.2) is 41.1 Å². The molecular formula is C13H24N2OS. The molecular weight excluding hydrogens is 232 g/mol. The van der Waals surface area contributed by atoms with Gasteiger partial charge in [-0.1, -0.05) is 12.8 Å². The summed E-state index contributed by atoms with van der Waals surface area (Å²) >= 11 is 1.84. The summed E-state index contributed by atoms with van der Waals surface area (Å²) in [7, 11) is 0. The number of carbonyl (C=O) groups is 1. The second-order valence-electron chi connectivity index (χ2n) is 5.86. The van der Waals surface area contributed by atoms with Gasteiger partial charge in [0.05, 0.1) is 12.7 Å². The highest BCUT2D eigenvalue weighted by Gasteiger charge is 2.39. The highest BCUT2D eigenvalue weighted by molar-refractivity contribution is 7.99. The molecule has 98 valence electrons. The number of hydrogen-bond donors (Lipinski definition) is 1. The van der Waals surface area contributed by atoms with E-state index >= 15 is 0 Å². The molecule has 4 heteroatoms. The van der Waals surface area contributed by atoms with Crippen molar-refractivity contribution >= 4 is 17.7 Å². The van der Waals surface area contributed by atoms with E-state index in [0.717, 1.165) is 6.54 Å². The Labute approximate surface area is 109 Å². The fourth-order valence-electron chi connectivity index (χ4n) is 2.91. The highest BCUT2D eigenvalue weighted by Crippen LogP contribution is 2.33. The monoisotopic (exact) mass is 256 g/mol. The molecule has 0 radical (unpaired) electrons. The minimum Gasteiger partial charge on any atom is -0.324 e. The summed E-state index contributed by atoms with van der Waals surface area (Å²) in [6, 6.07) is 0. The van der Waals surface area contributed by atoms with Crippen LogP contribution in [0.5, 0.6) is 0 Å². The standard InChI is InChI=1S/C13H24N2OS/c1-13(2,17-3)9-15-11(16)8-14-12(15)10-6-4-5-7-10/h10,12,14H,4-9H2,1-3H3. The van der Waals surface area contributed by atoms with Crippen LogP contribution >= 0.6 is 11.8 Å². The molecule has 1 aliphatic heterocycles. The van der Waals surface area contributed by atoms with Gasteiger partial charge in [-0.25, -0.2) is 0 Å². The Morgan fingerprint density at radius 1 is 1.41 bits per heavy atom. The third kappa shape index (κ3) is 2.97. The summed E-state index contributed by atoms with van der Waals surface area (Å²) in [5.74, 6) is 0.961. The van der Waals surface area contributed by atoms with Gasteiger partial charge in [0, 0.05) is 11.3 Å². The average Bonchev–Trinajstić information content (AvgIpc) is 2.90. The van der Waals surface area contributed by atoms with E-state index in [2.05, 4.69) is 30.3 Å². The van der Waals surface area contributed by atoms with Crippen LogP contribution in [0.1, 0.15) is 39.5 Å². The van der Waals surface area contributed by atoms with Crippen molar-refractivity contribution in [3.8, 4) is 0 Å². The number of hydrogen-bond acceptors (Lipinski definition) is 3. The minimum atomic E-state index is 0.151. The van der Waals surface area contributed by atoms with E-state index in [1.165, 1.54) is 25.7 Å². The van der Waals surface area contributed by atoms with Gasteiger partial charge in [-0.2, -0.15) is 11.8 Å². The predicted octanol–water partition coefficient (Wildman–Crippen LogP) is 2.08. The first-order chi connectivity index (χ1) is 8.03. The molecule has 2 rings (SSSR count). The van der Waals surface area contributed by atoms with Crippen molar-refractivity contribution < 1.29 is 4.79 Å². The third-order valence-corrected chi connectivity index (χ3v) is 5.30. The van der Waals surface area contributed by atoms with E-state index in [1.54, 1.807) is 0 Å². The molecule has 1 saturated heterocycles. The van der Waals surface area contributed by atoms with E-state index in [-0.39, 0.29) is 10.7 Å². The normalized spacial score (nSPS) is 27.1. The summed E-state index contributed by atoms with van der Waals surface area (Å²) in [6.07, 6.45) is 7.64. The maximum absolute atomic E-state index is 12.0. The molecule has 0 bridgehead atoms. The number of nitrogens with one attached hydrogen (secondary N) is 1. The number of rotatable bonds is 4. The number of nitrogens with zero attached hydrogens (tertiary/aromatic N) is 1. The highest BCUT2D eigenvalue weighted by atomic mass is 32.2. The number of thioether (sulfide) groups is 1. The fraction of sp³-hybridized carbons (Fsp3) is 0.923. The van der Waals surface area contributed by atoms with Crippen LogP contribution in [0.15, 0.2) is 0 Å². The van der Waals surface area contributed by atoms with Gasteiger partial charge in [0.1, 0.15) is 0 Å². The predicted molar refractivity (Wildman–Crippen MR) is 73.1 cm³/mol. The Hall–Kier alpha value is -0.220. The maximum Gasteiger partial charge on any atom is 0.237 e. The quantitative estimate of drug-likeness (QED) is 0.836. The lowest BCUT2D eigenvalue weighted by Crippen LogP contribution is -2.47. The zero-order chi connectivity index (χ0) is 12.5. The Morgan fingerprint density at radius 3 is 2.65 bits per heavy atom. The largest absolute Gasteiger partial charge is 0.324 e. The zero-order valence-electron chi connectivity index (χ0n) is 11.2. The van der Waals surface area contributed by atoms with Crippen LogP contribution in [0.2, 0.25) is 0 Å². The molecule has 1 heterocycles. The first-order valence-corrected chi connectivity index (χ1v) is 7.84. The lowest BCUT2D eigenvalue weighted by molar-refractivity contribution is -0.128. The van der Waals surface area contributed by atoms with E-state index in [1.807, 2.05) is 11.8 Å². The smallest absolute Gasteiger partial charge is 0.237 e. The van der Waals surface area contributed by atoms with Gasteiger partial charge in [0.25, 0.3) is 0 Å². The van der Waals surface area contributed by atoms with Crippen LogP contribution in [0.3, 0.4) is 0 Å². The van der Waals surface area contributed by atoms with Gasteiger partial charge < -0.3 is 4.90 Å². The Bertz CT molecular complexity index is 287. The van der Waals surface area contributed by atoms with Crippen molar-refractivity contribution in [2.75, 3.05) is 19.3 Å². The van der Waals surface area contributed by atoms with E-state index < -0.39 is 0 Å². The second-order valence-corrected chi connectivity index (χ2v) is 7.37. The van der Waals surface area contributed by atoms with Gasteiger partial charge in [-0.3, -0.25) is 10.1 Å². The lowest BCUT2D eigenvalue weighted by Gasteiger charge is -2.35. The van der Waals surface area contributed by atoms with E-state index in [9.17, 15) is 4.79 Å². The first-order valence-electron chi connectivity index (χ1n) is 6.61. The van der Waals surface area contributed by atoms with E-state index in [0.29, 0.717) is 18.6 Å². The number of amides is 1. The van der Waals surface area contributed by atoms with E-state index in [4.69, 9.17) is 0 Å². The summed E-state index contributed by atoms with van der Waals surface area (Å²) < 4.78 is 0.151. The average molecular weight is 256 g/mol. The van der Waals surface area contributed by atoms with Gasteiger partial charge in [-0.15, -0.1) is 0 Å². The third-order valence-electron chi connectivity index (χ3n) is 4.07. The van der Waals surface area contributed by atoms with Crippen LogP contribution in [-0.2, 0) is 4.79 Å². The molecule has 17 heavy (non-hydrogen) atoms. The van der Waals surface area contributed by atoms with Crippen molar-refractivity contribution in [1.29, 1.82) is 0 Å². The molecule has 1 amide bonds. The molecule has 0 aromatic carbocycles. The molecule has 0 aromatic rings. The lowest BCUT2D eigenvalue weighted by atomic mass is 10.0. The van der Waals surface area contributed by atoms with Gasteiger partial charge in [0.15, 0.2) is 0 Å². The van der Waals surface area contributed by atoms with Crippen LogP contribution in [0.4, 0.5) is 0 Å². The number of carbonyl (C=O) groups excluding carboxylic acids is 1. The van der Waals surface area contributed by atoms with Crippen molar-refractivity contribution in [1.82, 2.24) is 10.2 Å².